The SMILES string of the molecule is COC(=O)c1sc(N2CCC2)cc1N. The number of hydrogen-bond acceptors (Lipinski definition) is 5. The lowest BCUT2D eigenvalue weighted by molar-refractivity contribution is 0.0607. The van der Waals surface area contributed by atoms with Crippen LogP contribution in [-0.4, -0.2) is 26.2 Å². The van der Waals surface area contributed by atoms with Gasteiger partial charge in [-0.05, 0) is 12.5 Å². The van der Waals surface area contributed by atoms with Crippen molar-refractivity contribution in [2.24, 2.45) is 0 Å². The van der Waals surface area contributed by atoms with E-state index < -0.39 is 0 Å². The van der Waals surface area contributed by atoms with Gasteiger partial charge in [0.1, 0.15) is 4.88 Å². The third-order valence-corrected chi connectivity index (χ3v) is 3.48. The largest absolute Gasteiger partial charge is 0.465 e. The number of nitrogens with two attached hydrogens (primary N) is 1. The van der Waals surface area contributed by atoms with Gasteiger partial charge in [0, 0.05) is 13.1 Å². The van der Waals surface area contributed by atoms with E-state index in [4.69, 9.17) is 5.73 Å². The molecule has 1 saturated heterocycles. The van der Waals surface area contributed by atoms with Crippen LogP contribution in [0.25, 0.3) is 0 Å². The lowest BCUT2D eigenvalue weighted by atomic mass is 10.2. The molecule has 0 saturated carbocycles. The summed E-state index contributed by atoms with van der Waals surface area (Å²) in [6.45, 7) is 2.11. The Labute approximate surface area is 86.3 Å². The summed E-state index contributed by atoms with van der Waals surface area (Å²) in [5.41, 5.74) is 6.23. The van der Waals surface area contributed by atoms with Gasteiger partial charge in [0.25, 0.3) is 0 Å². The van der Waals surface area contributed by atoms with Crippen LogP contribution < -0.4 is 10.6 Å². The first-order chi connectivity index (χ1) is 6.72. The molecule has 2 N–H and O–H groups in total. The van der Waals surface area contributed by atoms with Gasteiger partial charge in [-0.25, -0.2) is 4.79 Å². The van der Waals surface area contributed by atoms with Crippen molar-refractivity contribution in [2.75, 3.05) is 30.8 Å². The highest BCUT2D eigenvalue weighted by Crippen LogP contribution is 2.34. The molecule has 1 aromatic heterocycles. The summed E-state index contributed by atoms with van der Waals surface area (Å²) >= 11 is 1.40. The highest BCUT2D eigenvalue weighted by atomic mass is 32.1. The summed E-state index contributed by atoms with van der Waals surface area (Å²) in [5.74, 6) is -0.348. The molecule has 0 aliphatic carbocycles. The number of ether oxygens (including phenoxy) is 1. The molecule has 1 aliphatic heterocycles. The van der Waals surface area contributed by atoms with Gasteiger partial charge >= 0.3 is 5.97 Å². The Morgan fingerprint density at radius 3 is 2.86 bits per heavy atom. The van der Waals surface area contributed by atoms with Crippen LogP contribution in [0.3, 0.4) is 0 Å². The second kappa shape index (κ2) is 3.49. The summed E-state index contributed by atoms with van der Waals surface area (Å²) < 4.78 is 4.63. The van der Waals surface area contributed by atoms with E-state index in [1.807, 2.05) is 6.07 Å². The quantitative estimate of drug-likeness (QED) is 0.751. The Morgan fingerprint density at radius 1 is 1.64 bits per heavy atom. The molecule has 14 heavy (non-hydrogen) atoms. The van der Waals surface area contributed by atoms with Gasteiger partial charge in [0.05, 0.1) is 17.8 Å². The second-order valence-corrected chi connectivity index (χ2v) is 4.23. The summed E-state index contributed by atoms with van der Waals surface area (Å²) in [7, 11) is 1.37. The monoisotopic (exact) mass is 212 g/mol. The number of nitrogens with zero attached hydrogens (tertiary/aromatic N) is 1. The van der Waals surface area contributed by atoms with Crippen LogP contribution in [0.15, 0.2) is 6.07 Å². The van der Waals surface area contributed by atoms with Gasteiger partial charge < -0.3 is 15.4 Å². The van der Waals surface area contributed by atoms with Crippen LogP contribution in [0.4, 0.5) is 10.7 Å². The molecule has 1 aromatic rings. The average Bonchev–Trinajstić information content (AvgIpc) is 2.43. The third-order valence-electron chi connectivity index (χ3n) is 2.29. The zero-order chi connectivity index (χ0) is 10.1. The van der Waals surface area contributed by atoms with Crippen molar-refractivity contribution in [1.29, 1.82) is 0 Å². The molecular weight excluding hydrogens is 200 g/mol. The van der Waals surface area contributed by atoms with Gasteiger partial charge in [-0.3, -0.25) is 0 Å². The second-order valence-electron chi connectivity index (χ2n) is 3.20. The number of carbonyl (C=O) groups is 1. The molecule has 0 bridgehead atoms. The van der Waals surface area contributed by atoms with Gasteiger partial charge in [-0.2, -0.15) is 0 Å². The molecule has 5 heteroatoms. The summed E-state index contributed by atoms with van der Waals surface area (Å²) in [5, 5.41) is 1.06. The van der Waals surface area contributed by atoms with Crippen molar-refractivity contribution in [2.45, 2.75) is 6.42 Å². The lowest BCUT2D eigenvalue weighted by Crippen LogP contribution is -2.36. The van der Waals surface area contributed by atoms with Crippen LogP contribution in [0, 0.1) is 0 Å². The molecule has 76 valence electrons. The fourth-order valence-electron chi connectivity index (χ4n) is 1.34. The first-order valence-electron chi connectivity index (χ1n) is 4.45. The van der Waals surface area contributed by atoms with E-state index in [-0.39, 0.29) is 5.97 Å². The molecule has 0 unspecified atom stereocenters. The fraction of sp³-hybridized carbons (Fsp3) is 0.444. The van der Waals surface area contributed by atoms with Crippen molar-refractivity contribution >= 4 is 28.0 Å². The third kappa shape index (κ3) is 1.43. The smallest absolute Gasteiger partial charge is 0.350 e. The first-order valence-corrected chi connectivity index (χ1v) is 5.26. The standard InChI is InChI=1S/C9H12N2O2S/c1-13-9(12)8-6(10)5-7(14-8)11-3-2-4-11/h5H,2-4,10H2,1H3. The Balaban J connectivity index is 2.24. The Hall–Kier alpha value is -1.23. The van der Waals surface area contributed by atoms with Crippen molar-refractivity contribution in [1.82, 2.24) is 0 Å². The minimum absolute atomic E-state index is 0.348. The Morgan fingerprint density at radius 2 is 2.36 bits per heavy atom. The lowest BCUT2D eigenvalue weighted by Gasteiger charge is -2.31. The maximum absolute atomic E-state index is 11.3. The van der Waals surface area contributed by atoms with E-state index in [0.717, 1.165) is 18.1 Å². The molecule has 0 amide bonds. The van der Waals surface area contributed by atoms with Gasteiger partial charge in [-0.15, -0.1) is 11.3 Å². The number of thiophene rings is 1. The van der Waals surface area contributed by atoms with Crippen LogP contribution in [0.5, 0.6) is 0 Å². The fourth-order valence-corrected chi connectivity index (χ4v) is 2.39. The average molecular weight is 212 g/mol. The van der Waals surface area contributed by atoms with E-state index in [0.29, 0.717) is 10.6 Å². The number of rotatable bonds is 2. The van der Waals surface area contributed by atoms with Gasteiger partial charge in [0.15, 0.2) is 0 Å². The molecule has 0 spiro atoms. The number of nitrogen functional groups attached to an aromatic ring is 1. The van der Waals surface area contributed by atoms with E-state index in [1.165, 1.54) is 24.9 Å². The molecule has 0 aromatic carbocycles. The molecular formula is C9H12N2O2S. The predicted octanol–water partition coefficient (Wildman–Crippen LogP) is 1.33. The minimum atomic E-state index is -0.348. The van der Waals surface area contributed by atoms with Crippen LogP contribution in [0.1, 0.15) is 16.1 Å². The highest BCUT2D eigenvalue weighted by Gasteiger charge is 2.21. The van der Waals surface area contributed by atoms with Crippen molar-refractivity contribution in [3.8, 4) is 0 Å². The summed E-state index contributed by atoms with van der Waals surface area (Å²) in [6.07, 6.45) is 1.21. The van der Waals surface area contributed by atoms with Crippen LogP contribution in [-0.2, 0) is 4.74 Å². The molecule has 0 atom stereocenters. The van der Waals surface area contributed by atoms with Crippen molar-refractivity contribution in [3.05, 3.63) is 10.9 Å². The molecule has 1 aliphatic rings. The molecule has 2 heterocycles. The number of carbonyl (C=O) groups excluding carboxylic acids is 1. The van der Waals surface area contributed by atoms with E-state index in [1.54, 1.807) is 0 Å². The predicted molar refractivity (Wildman–Crippen MR) is 56.9 cm³/mol. The first kappa shape index (κ1) is 9.33. The maximum Gasteiger partial charge on any atom is 0.350 e. The van der Waals surface area contributed by atoms with E-state index in [9.17, 15) is 4.79 Å². The number of esters is 1. The van der Waals surface area contributed by atoms with Gasteiger partial charge in [-0.1, -0.05) is 0 Å². The topological polar surface area (TPSA) is 55.6 Å². The summed E-state index contributed by atoms with van der Waals surface area (Å²) in [6, 6.07) is 1.84. The Kier molecular flexibility index (Phi) is 2.33. The van der Waals surface area contributed by atoms with Crippen molar-refractivity contribution < 1.29 is 9.53 Å². The normalized spacial score (nSPS) is 15.1. The Bertz CT molecular complexity index is 358. The van der Waals surface area contributed by atoms with Crippen molar-refractivity contribution in [3.63, 3.8) is 0 Å². The number of methoxy groups -OCH3 is 1. The maximum atomic E-state index is 11.3. The highest BCUT2D eigenvalue weighted by molar-refractivity contribution is 7.18. The molecule has 2 rings (SSSR count). The summed E-state index contributed by atoms with van der Waals surface area (Å²) in [4.78, 5) is 14.0. The van der Waals surface area contributed by atoms with Crippen LogP contribution in [0.2, 0.25) is 0 Å². The molecule has 4 nitrogen and oxygen atoms in total. The zero-order valence-electron chi connectivity index (χ0n) is 7.95. The van der Waals surface area contributed by atoms with Crippen LogP contribution >= 0.6 is 11.3 Å². The van der Waals surface area contributed by atoms with E-state index >= 15 is 0 Å². The van der Waals surface area contributed by atoms with E-state index in [2.05, 4.69) is 9.64 Å². The number of anilines is 2. The minimum Gasteiger partial charge on any atom is -0.465 e. The molecule has 0 radical (unpaired) electrons. The number of hydrogen-bond donors (Lipinski definition) is 1. The molecule has 1 fully saturated rings. The van der Waals surface area contributed by atoms with Gasteiger partial charge in [0.2, 0.25) is 0 Å². The zero-order valence-corrected chi connectivity index (χ0v) is 8.76.